The minimum atomic E-state index is -2.15. The van der Waals surface area contributed by atoms with Crippen LogP contribution >= 0.6 is 0 Å². The summed E-state index contributed by atoms with van der Waals surface area (Å²) in [6.07, 6.45) is -9.38. The summed E-state index contributed by atoms with van der Waals surface area (Å²) < 4.78 is 30.9. The number of benzene rings is 3. The van der Waals surface area contributed by atoms with Crippen LogP contribution in [-0.4, -0.2) is 99.4 Å². The van der Waals surface area contributed by atoms with E-state index in [1.807, 2.05) is 30.3 Å². The summed E-state index contributed by atoms with van der Waals surface area (Å²) in [6, 6.07) is 24.5. The van der Waals surface area contributed by atoms with Gasteiger partial charge in [-0.1, -0.05) is 92.7 Å². The van der Waals surface area contributed by atoms with Gasteiger partial charge in [0.15, 0.2) is 23.6 Å². The van der Waals surface area contributed by atoms with Crippen LogP contribution in [0, 0.1) is 16.7 Å². The lowest BCUT2D eigenvalue weighted by Crippen LogP contribution is -2.81. The number of ether oxygens (including phenoxy) is 5. The van der Waals surface area contributed by atoms with E-state index in [1.165, 1.54) is 13.8 Å². The maximum atomic E-state index is 15.5. The van der Waals surface area contributed by atoms with Crippen LogP contribution in [0.3, 0.4) is 0 Å². The molecule has 324 valence electrons. The molecule has 0 radical (unpaired) electrons. The Labute approximate surface area is 354 Å². The average molecular weight is 840 g/mol. The van der Waals surface area contributed by atoms with E-state index in [1.54, 1.807) is 81.4 Å². The summed E-state index contributed by atoms with van der Waals surface area (Å²) in [5, 5.41) is 40.3. The second kappa shape index (κ2) is 16.6. The highest BCUT2D eigenvalue weighted by atomic mass is 16.6. The Hall–Kier alpha value is -5.25. The molecule has 14 heteroatoms. The minimum Gasteiger partial charge on any atom is -0.456 e. The van der Waals surface area contributed by atoms with Crippen molar-refractivity contribution in [2.24, 2.45) is 16.7 Å². The van der Waals surface area contributed by atoms with Crippen LogP contribution in [0.2, 0.25) is 0 Å². The summed E-state index contributed by atoms with van der Waals surface area (Å²) >= 11 is 0. The highest BCUT2D eigenvalue weighted by Crippen LogP contribution is 2.64. The van der Waals surface area contributed by atoms with Crippen LogP contribution in [0.25, 0.3) is 0 Å². The molecule has 61 heavy (non-hydrogen) atoms. The van der Waals surface area contributed by atoms with E-state index in [0.717, 1.165) is 6.92 Å². The quantitative estimate of drug-likeness (QED) is 0.122. The van der Waals surface area contributed by atoms with Gasteiger partial charge in [0.25, 0.3) is 5.91 Å². The number of fused-ring (bicyclic) bond motifs is 5. The first-order valence-electron chi connectivity index (χ1n) is 20.5. The number of amides is 1. The Balaban J connectivity index is 1.37. The minimum absolute atomic E-state index is 0.100. The third-order valence-electron chi connectivity index (χ3n) is 13.5. The maximum absolute atomic E-state index is 15.5. The molecule has 0 spiro atoms. The molecule has 3 aromatic carbocycles. The number of carbonyl (C=O) groups is 5. The first-order chi connectivity index (χ1) is 28.9. The molecule has 3 aromatic rings. The van der Waals surface area contributed by atoms with Gasteiger partial charge in [-0.05, 0) is 48.3 Å². The topological polar surface area (TPSA) is 204 Å². The van der Waals surface area contributed by atoms with E-state index in [2.05, 4.69) is 5.32 Å². The molecule has 1 aliphatic heterocycles. The van der Waals surface area contributed by atoms with Crippen LogP contribution < -0.4 is 5.32 Å². The van der Waals surface area contributed by atoms with Gasteiger partial charge >= 0.3 is 17.9 Å². The first-order valence-corrected chi connectivity index (χ1v) is 20.5. The molecule has 3 fully saturated rings. The summed E-state index contributed by atoms with van der Waals surface area (Å²) in [7, 11) is 0. The number of hydrogen-bond donors (Lipinski definition) is 4. The van der Waals surface area contributed by atoms with E-state index >= 15 is 4.79 Å². The lowest BCUT2D eigenvalue weighted by atomic mass is 9.44. The van der Waals surface area contributed by atoms with Crippen molar-refractivity contribution < 1.29 is 63.0 Å². The van der Waals surface area contributed by atoms with Gasteiger partial charge in [-0.3, -0.25) is 19.2 Å². The summed E-state index contributed by atoms with van der Waals surface area (Å²) in [5.41, 5.74) is -5.38. The Morgan fingerprint density at radius 1 is 0.885 bits per heavy atom. The van der Waals surface area contributed by atoms with Gasteiger partial charge in [0, 0.05) is 43.6 Å². The molecular formula is C47H53NO13. The second-order valence-electron chi connectivity index (χ2n) is 17.4. The number of rotatable bonds is 11. The van der Waals surface area contributed by atoms with Crippen LogP contribution in [0.1, 0.15) is 81.9 Å². The Morgan fingerprint density at radius 3 is 2.07 bits per heavy atom. The molecule has 4 aliphatic rings. The number of nitrogens with one attached hydrogen (secondary N) is 1. The number of carbonyl (C=O) groups excluding carboxylic acids is 5. The molecule has 0 aromatic heterocycles. The molecule has 2 saturated carbocycles. The normalized spacial score (nSPS) is 32.3. The molecule has 2 unspecified atom stereocenters. The monoisotopic (exact) mass is 839 g/mol. The Bertz CT molecular complexity index is 2190. The van der Waals surface area contributed by atoms with Crippen LogP contribution in [0.4, 0.5) is 0 Å². The van der Waals surface area contributed by atoms with E-state index < -0.39 is 100 Å². The van der Waals surface area contributed by atoms with E-state index in [9.17, 15) is 34.5 Å². The first kappa shape index (κ1) is 43.8. The van der Waals surface area contributed by atoms with Gasteiger partial charge in [-0.15, -0.1) is 0 Å². The van der Waals surface area contributed by atoms with Crippen molar-refractivity contribution >= 4 is 29.6 Å². The van der Waals surface area contributed by atoms with Crippen molar-refractivity contribution in [2.45, 2.75) is 115 Å². The standard InChI is InChI=1S/C47H53NO13/c1-26-32(60-43(55)37(52)36(30-18-12-8-13-19-30)48-42(54)31-20-14-9-15-21-31)23-47(56)41(57-24-29-16-10-7-11-17-29)39-45(6,33(51)22-34-46(39,25-58-34)61-28(3)50)40(53)38(59-27(2)49)35(26)44(47,4)5/h7-21,32-34,36-39,41,51-52,56H,22-25H2,1-6H3,(H,48,54)/t32-,33-,34+,36?,37?,38+,39-,41-,45+,46-,47+/m0/s1. The molecule has 1 heterocycles. The number of aliphatic hydroxyl groups is 3. The summed E-state index contributed by atoms with van der Waals surface area (Å²) in [4.78, 5) is 69.2. The summed E-state index contributed by atoms with van der Waals surface area (Å²) in [5.74, 6) is -5.32. The van der Waals surface area contributed by atoms with Crippen molar-refractivity contribution in [1.82, 2.24) is 5.32 Å². The third kappa shape index (κ3) is 7.48. The van der Waals surface area contributed by atoms with Crippen molar-refractivity contribution in [3.05, 3.63) is 119 Å². The molecular weight excluding hydrogens is 787 g/mol. The predicted molar refractivity (Wildman–Crippen MR) is 217 cm³/mol. The van der Waals surface area contributed by atoms with Crippen LogP contribution in [0.5, 0.6) is 0 Å². The predicted octanol–water partition coefficient (Wildman–Crippen LogP) is 4.10. The number of aliphatic hydroxyl groups excluding tert-OH is 2. The van der Waals surface area contributed by atoms with E-state index in [-0.39, 0.29) is 42.8 Å². The molecule has 11 atom stereocenters. The highest BCUT2D eigenvalue weighted by Gasteiger charge is 2.77. The van der Waals surface area contributed by atoms with Gasteiger partial charge in [0.2, 0.25) is 0 Å². The lowest BCUT2D eigenvalue weighted by molar-refractivity contribution is -0.351. The van der Waals surface area contributed by atoms with E-state index in [4.69, 9.17) is 23.7 Å². The smallest absolute Gasteiger partial charge is 0.338 e. The zero-order chi connectivity index (χ0) is 44.1. The number of ketones is 1. The highest BCUT2D eigenvalue weighted by molar-refractivity contribution is 5.96. The van der Waals surface area contributed by atoms with Gasteiger partial charge in [0.1, 0.15) is 17.8 Å². The Morgan fingerprint density at radius 2 is 1.49 bits per heavy atom. The second-order valence-corrected chi connectivity index (χ2v) is 17.4. The average Bonchev–Trinajstić information content (AvgIpc) is 3.22. The van der Waals surface area contributed by atoms with Crippen molar-refractivity contribution in [3.8, 4) is 0 Å². The maximum Gasteiger partial charge on any atom is 0.338 e. The van der Waals surface area contributed by atoms with Crippen molar-refractivity contribution in [1.29, 1.82) is 0 Å². The fraction of sp³-hybridized carbons (Fsp3) is 0.468. The SMILES string of the molecule is CC(=O)O[C@H]1C(=O)[C@@]2(C)[C@H]([C@H](OCc3ccccc3)[C@]3(O)C[C@H](OC(=O)C(O)C(NC(=O)c4ccccc4)c4ccccc4)C(C)=C1C3(C)C)[C@]1(OC(C)=O)CO[C@@H]1C[C@@H]2O. The largest absolute Gasteiger partial charge is 0.456 e. The lowest BCUT2D eigenvalue weighted by Gasteiger charge is -2.67. The molecule has 3 aliphatic carbocycles. The van der Waals surface area contributed by atoms with Crippen LogP contribution in [-0.2, 0) is 49.5 Å². The van der Waals surface area contributed by atoms with Crippen molar-refractivity contribution in [3.63, 3.8) is 0 Å². The van der Waals surface area contributed by atoms with Gasteiger partial charge < -0.3 is 44.3 Å². The molecule has 1 amide bonds. The molecule has 7 rings (SSSR count). The Kier molecular flexibility index (Phi) is 11.9. The van der Waals surface area contributed by atoms with E-state index in [0.29, 0.717) is 11.1 Å². The molecule has 4 N–H and O–H groups in total. The molecule has 2 bridgehead atoms. The molecule has 14 nitrogen and oxygen atoms in total. The zero-order valence-corrected chi connectivity index (χ0v) is 35.0. The summed E-state index contributed by atoms with van der Waals surface area (Å²) in [6.45, 7) is 8.48. The van der Waals surface area contributed by atoms with Crippen molar-refractivity contribution in [2.75, 3.05) is 6.61 Å². The third-order valence-corrected chi connectivity index (χ3v) is 13.5. The molecule has 1 saturated heterocycles. The van der Waals surface area contributed by atoms with Crippen LogP contribution in [0.15, 0.2) is 102 Å². The number of hydrogen-bond acceptors (Lipinski definition) is 13. The van der Waals surface area contributed by atoms with Gasteiger partial charge in [-0.2, -0.15) is 0 Å². The number of Topliss-reactive ketones (excluding diaryl/α,β-unsaturated/α-hetero) is 1. The number of esters is 3. The van der Waals surface area contributed by atoms with Gasteiger partial charge in [-0.25, -0.2) is 4.79 Å². The van der Waals surface area contributed by atoms with Gasteiger partial charge in [0.05, 0.1) is 36.9 Å². The zero-order valence-electron chi connectivity index (χ0n) is 35.0. The fourth-order valence-corrected chi connectivity index (χ4v) is 10.3. The fourth-order valence-electron chi connectivity index (χ4n) is 10.3.